The summed E-state index contributed by atoms with van der Waals surface area (Å²) in [6.45, 7) is 6.51. The van der Waals surface area contributed by atoms with Crippen LogP contribution in [0.3, 0.4) is 0 Å². The zero-order valence-corrected chi connectivity index (χ0v) is 10.5. The molecule has 0 aromatic heterocycles. The minimum atomic E-state index is -0.0307. The smallest absolute Gasteiger partial charge is 0.122 e. The van der Waals surface area contributed by atoms with Crippen molar-refractivity contribution in [1.29, 1.82) is 0 Å². The third-order valence-electron chi connectivity index (χ3n) is 2.78. The van der Waals surface area contributed by atoms with Gasteiger partial charge in [-0.15, -0.1) is 0 Å². The molecule has 0 aliphatic heterocycles. The maximum absolute atomic E-state index is 10.2. The first-order chi connectivity index (χ1) is 7.46. The van der Waals surface area contributed by atoms with Crippen molar-refractivity contribution >= 4 is 0 Å². The molecule has 0 heterocycles. The predicted octanol–water partition coefficient (Wildman–Crippen LogP) is 3.00. The summed E-state index contributed by atoms with van der Waals surface area (Å²) in [5, 5.41) is 18.9. The van der Waals surface area contributed by atoms with E-state index < -0.39 is 0 Å². The van der Waals surface area contributed by atoms with Gasteiger partial charge in [-0.05, 0) is 35.8 Å². The third kappa shape index (κ3) is 3.24. The number of aromatic hydroxyl groups is 1. The van der Waals surface area contributed by atoms with E-state index in [4.69, 9.17) is 5.11 Å². The molecule has 0 spiro atoms. The molecule has 0 fully saturated rings. The second-order valence-corrected chi connectivity index (χ2v) is 5.24. The topological polar surface area (TPSA) is 40.5 Å². The maximum Gasteiger partial charge on any atom is 0.122 e. The van der Waals surface area contributed by atoms with Crippen molar-refractivity contribution < 1.29 is 10.2 Å². The monoisotopic (exact) mass is 222 g/mol. The molecule has 90 valence electrons. The fraction of sp³-hybridized carbons (Fsp3) is 0.571. The van der Waals surface area contributed by atoms with E-state index >= 15 is 0 Å². The molecule has 16 heavy (non-hydrogen) atoms. The van der Waals surface area contributed by atoms with E-state index in [1.54, 1.807) is 0 Å². The van der Waals surface area contributed by atoms with Gasteiger partial charge in [0.2, 0.25) is 0 Å². The molecule has 1 aromatic carbocycles. The predicted molar refractivity (Wildman–Crippen MR) is 66.8 cm³/mol. The maximum atomic E-state index is 10.2. The molecule has 0 bridgehead atoms. The molecule has 2 nitrogen and oxygen atoms in total. The molecule has 2 heteroatoms. The van der Waals surface area contributed by atoms with Gasteiger partial charge < -0.3 is 10.2 Å². The van der Waals surface area contributed by atoms with Gasteiger partial charge in [0.15, 0.2) is 0 Å². The number of aliphatic hydroxyl groups is 1. The van der Waals surface area contributed by atoms with E-state index in [9.17, 15) is 5.11 Å². The zero-order chi connectivity index (χ0) is 12.2. The molecular weight excluding hydrogens is 200 g/mol. The summed E-state index contributed by atoms with van der Waals surface area (Å²) in [5.41, 5.74) is 1.95. The Kier molecular flexibility index (Phi) is 4.36. The van der Waals surface area contributed by atoms with Gasteiger partial charge >= 0.3 is 0 Å². The first-order valence-corrected chi connectivity index (χ1v) is 5.89. The van der Waals surface area contributed by atoms with Crippen molar-refractivity contribution in [2.24, 2.45) is 0 Å². The van der Waals surface area contributed by atoms with Crippen LogP contribution in [0, 0.1) is 0 Å². The van der Waals surface area contributed by atoms with E-state index in [0.29, 0.717) is 5.75 Å². The number of unbranched alkanes of at least 4 members (excludes halogenated alkanes) is 1. The van der Waals surface area contributed by atoms with E-state index in [1.807, 2.05) is 18.2 Å². The van der Waals surface area contributed by atoms with Crippen molar-refractivity contribution in [2.45, 2.75) is 45.4 Å². The SMILES string of the molecule is CC(C)(C)c1cccc(CCCCO)c1O. The van der Waals surface area contributed by atoms with Crippen LogP contribution in [-0.2, 0) is 11.8 Å². The lowest BCUT2D eigenvalue weighted by molar-refractivity contribution is 0.284. The lowest BCUT2D eigenvalue weighted by Gasteiger charge is -2.21. The minimum absolute atomic E-state index is 0.0307. The summed E-state index contributed by atoms with van der Waals surface area (Å²) in [6.07, 6.45) is 2.53. The number of hydrogen-bond acceptors (Lipinski definition) is 2. The lowest BCUT2D eigenvalue weighted by Crippen LogP contribution is -2.11. The fourth-order valence-electron chi connectivity index (χ4n) is 1.83. The molecule has 1 rings (SSSR count). The lowest BCUT2D eigenvalue weighted by atomic mass is 9.84. The number of hydrogen-bond donors (Lipinski definition) is 2. The van der Waals surface area contributed by atoms with Crippen molar-refractivity contribution in [2.75, 3.05) is 6.61 Å². The van der Waals surface area contributed by atoms with Crippen LogP contribution >= 0.6 is 0 Å². The Bertz CT molecular complexity index is 337. The average Bonchev–Trinajstić information content (AvgIpc) is 2.19. The van der Waals surface area contributed by atoms with E-state index in [2.05, 4.69) is 20.8 Å². The van der Waals surface area contributed by atoms with Crippen LogP contribution < -0.4 is 0 Å². The Morgan fingerprint density at radius 3 is 2.38 bits per heavy atom. The van der Waals surface area contributed by atoms with Crippen LogP contribution in [0.4, 0.5) is 0 Å². The Balaban J connectivity index is 2.87. The molecule has 0 unspecified atom stereocenters. The minimum Gasteiger partial charge on any atom is -0.507 e. The summed E-state index contributed by atoms with van der Waals surface area (Å²) < 4.78 is 0. The molecule has 0 saturated heterocycles. The summed E-state index contributed by atoms with van der Waals surface area (Å²) in [5.74, 6) is 0.424. The Labute approximate surface area is 97.9 Å². The molecular formula is C14H22O2. The second kappa shape index (κ2) is 5.35. The highest BCUT2D eigenvalue weighted by Gasteiger charge is 2.19. The van der Waals surface area contributed by atoms with Crippen LogP contribution in [0.2, 0.25) is 0 Å². The fourth-order valence-corrected chi connectivity index (χ4v) is 1.83. The van der Waals surface area contributed by atoms with Gasteiger partial charge in [-0.25, -0.2) is 0 Å². The summed E-state index contributed by atoms with van der Waals surface area (Å²) in [7, 11) is 0. The van der Waals surface area contributed by atoms with Crippen molar-refractivity contribution in [1.82, 2.24) is 0 Å². The highest BCUT2D eigenvalue weighted by molar-refractivity contribution is 5.44. The van der Waals surface area contributed by atoms with Gasteiger partial charge in [-0.2, -0.15) is 0 Å². The highest BCUT2D eigenvalue weighted by atomic mass is 16.3. The Morgan fingerprint density at radius 2 is 1.81 bits per heavy atom. The van der Waals surface area contributed by atoms with E-state index in [1.165, 1.54) is 0 Å². The molecule has 0 aliphatic carbocycles. The molecule has 2 N–H and O–H groups in total. The van der Waals surface area contributed by atoms with Gasteiger partial charge in [-0.3, -0.25) is 0 Å². The van der Waals surface area contributed by atoms with Gasteiger partial charge in [0, 0.05) is 6.61 Å². The zero-order valence-electron chi connectivity index (χ0n) is 10.5. The van der Waals surface area contributed by atoms with Gasteiger partial charge in [0.05, 0.1) is 0 Å². The van der Waals surface area contributed by atoms with Gasteiger partial charge in [0.1, 0.15) is 5.75 Å². The number of benzene rings is 1. The second-order valence-electron chi connectivity index (χ2n) is 5.24. The first-order valence-electron chi connectivity index (χ1n) is 5.89. The molecule has 1 aromatic rings. The number of aliphatic hydroxyl groups excluding tert-OH is 1. The third-order valence-corrected chi connectivity index (χ3v) is 2.78. The molecule has 0 saturated carbocycles. The van der Waals surface area contributed by atoms with E-state index in [-0.39, 0.29) is 12.0 Å². The molecule has 0 amide bonds. The molecule has 0 aliphatic rings. The quantitative estimate of drug-likeness (QED) is 0.769. The number of aryl methyl sites for hydroxylation is 1. The van der Waals surface area contributed by atoms with Crippen LogP contribution in [0.15, 0.2) is 18.2 Å². The Hall–Kier alpha value is -1.02. The van der Waals surface area contributed by atoms with Crippen LogP contribution in [-0.4, -0.2) is 16.8 Å². The van der Waals surface area contributed by atoms with Crippen molar-refractivity contribution in [3.8, 4) is 5.75 Å². The van der Waals surface area contributed by atoms with Crippen molar-refractivity contribution in [3.63, 3.8) is 0 Å². The number of rotatable bonds is 4. The standard InChI is InChI=1S/C14H22O2/c1-14(2,3)12-9-6-8-11(13(12)16)7-4-5-10-15/h6,8-9,15-16H,4-5,7,10H2,1-3H3. The number of phenols is 1. The Morgan fingerprint density at radius 1 is 1.12 bits per heavy atom. The summed E-state index contributed by atoms with van der Waals surface area (Å²) >= 11 is 0. The number of phenolic OH excluding ortho intramolecular Hbond substituents is 1. The largest absolute Gasteiger partial charge is 0.507 e. The normalized spacial score (nSPS) is 11.8. The molecule has 0 radical (unpaired) electrons. The van der Waals surface area contributed by atoms with E-state index in [0.717, 1.165) is 30.4 Å². The highest BCUT2D eigenvalue weighted by Crippen LogP contribution is 2.33. The summed E-state index contributed by atoms with van der Waals surface area (Å²) in [4.78, 5) is 0. The van der Waals surface area contributed by atoms with Crippen molar-refractivity contribution in [3.05, 3.63) is 29.3 Å². The molecule has 0 atom stereocenters. The summed E-state index contributed by atoms with van der Waals surface area (Å²) in [6, 6.07) is 5.93. The first kappa shape index (κ1) is 13.0. The van der Waals surface area contributed by atoms with Crippen LogP contribution in [0.25, 0.3) is 0 Å². The van der Waals surface area contributed by atoms with Crippen LogP contribution in [0.5, 0.6) is 5.75 Å². The number of para-hydroxylation sites is 1. The van der Waals surface area contributed by atoms with Crippen LogP contribution in [0.1, 0.15) is 44.7 Å². The van der Waals surface area contributed by atoms with Gasteiger partial charge in [0.25, 0.3) is 0 Å². The average molecular weight is 222 g/mol. The van der Waals surface area contributed by atoms with Gasteiger partial charge in [-0.1, -0.05) is 39.0 Å².